The van der Waals surface area contributed by atoms with E-state index in [1.807, 2.05) is 23.6 Å². The van der Waals surface area contributed by atoms with Crippen LogP contribution in [0.1, 0.15) is 85.1 Å². The Kier molecular flexibility index (Phi) is 9.85. The van der Waals surface area contributed by atoms with Gasteiger partial charge in [0, 0.05) is 11.4 Å². The molecule has 2 heterocycles. The van der Waals surface area contributed by atoms with Crippen molar-refractivity contribution in [2.24, 2.45) is 0 Å². The van der Waals surface area contributed by atoms with Gasteiger partial charge in [0.05, 0.1) is 17.9 Å². The number of anilines is 1. The highest BCUT2D eigenvalue weighted by molar-refractivity contribution is 7.99. The van der Waals surface area contributed by atoms with Crippen molar-refractivity contribution in [3.05, 3.63) is 51.7 Å². The Labute approximate surface area is 232 Å². The first-order chi connectivity index (χ1) is 18.4. The van der Waals surface area contributed by atoms with Crippen LogP contribution in [-0.4, -0.2) is 39.0 Å². The number of ether oxygens (including phenoxy) is 2. The molecule has 1 aliphatic carbocycles. The van der Waals surface area contributed by atoms with Crippen LogP contribution in [0.25, 0.3) is 0 Å². The molecule has 3 aromatic rings. The summed E-state index contributed by atoms with van der Waals surface area (Å²) in [5.41, 5.74) is 2.84. The molecule has 0 bridgehead atoms. The number of aryl methyl sites for hydroxylation is 1. The van der Waals surface area contributed by atoms with E-state index in [1.54, 1.807) is 6.92 Å². The molecule has 0 spiro atoms. The van der Waals surface area contributed by atoms with Gasteiger partial charge in [0.1, 0.15) is 17.4 Å². The Morgan fingerprint density at radius 1 is 1.11 bits per heavy atom. The van der Waals surface area contributed by atoms with Crippen molar-refractivity contribution < 1.29 is 19.1 Å². The summed E-state index contributed by atoms with van der Waals surface area (Å²) in [5, 5.41) is 12.8. The van der Waals surface area contributed by atoms with Crippen molar-refractivity contribution in [3.63, 3.8) is 0 Å². The van der Waals surface area contributed by atoms with E-state index in [2.05, 4.69) is 41.5 Å². The Balaban J connectivity index is 1.39. The molecule has 204 valence electrons. The number of fused-ring (bicyclic) bond motifs is 1. The molecule has 2 aromatic heterocycles. The molecule has 0 aliphatic heterocycles. The van der Waals surface area contributed by atoms with Gasteiger partial charge < -0.3 is 19.4 Å². The largest absolute Gasteiger partial charge is 0.486 e. The molecule has 1 aromatic carbocycles. The molecule has 10 heteroatoms. The fraction of sp³-hybridized carbons (Fsp3) is 0.500. The van der Waals surface area contributed by atoms with E-state index in [9.17, 15) is 9.59 Å². The molecule has 0 saturated carbocycles. The normalized spacial score (nSPS) is 13.2. The molecule has 0 fully saturated rings. The summed E-state index contributed by atoms with van der Waals surface area (Å²) >= 11 is 2.83. The zero-order chi connectivity index (χ0) is 27.1. The maximum absolute atomic E-state index is 12.9. The van der Waals surface area contributed by atoms with Crippen molar-refractivity contribution >= 4 is 40.0 Å². The summed E-state index contributed by atoms with van der Waals surface area (Å²) in [6.07, 6.45) is 5.07. The average molecular weight is 557 g/mol. The van der Waals surface area contributed by atoms with Gasteiger partial charge in [-0.25, -0.2) is 4.79 Å². The minimum atomic E-state index is -0.357. The van der Waals surface area contributed by atoms with Crippen LogP contribution < -0.4 is 10.1 Å². The Morgan fingerprint density at radius 2 is 1.87 bits per heavy atom. The topological polar surface area (TPSA) is 95.3 Å². The second-order valence-electron chi connectivity index (χ2n) is 9.48. The van der Waals surface area contributed by atoms with Gasteiger partial charge in [-0.15, -0.1) is 21.5 Å². The number of hydrogen-bond donors (Lipinski definition) is 1. The van der Waals surface area contributed by atoms with Crippen LogP contribution in [0.15, 0.2) is 29.4 Å². The molecule has 0 saturated heterocycles. The number of thiophene rings is 1. The zero-order valence-electron chi connectivity index (χ0n) is 22.5. The smallest absolute Gasteiger partial charge is 0.341 e. The highest BCUT2D eigenvalue weighted by Crippen LogP contribution is 2.38. The van der Waals surface area contributed by atoms with Crippen molar-refractivity contribution in [1.29, 1.82) is 0 Å². The SMILES string of the molecule is CCOC(=O)c1c(NC(=O)CSc2nnc(COc3ccc(C(C)C)cc3)n2CC)sc2c1CCCCC2. The average Bonchev–Trinajstić information content (AvgIpc) is 3.38. The van der Waals surface area contributed by atoms with E-state index >= 15 is 0 Å². The van der Waals surface area contributed by atoms with Gasteiger partial charge in [-0.1, -0.05) is 44.2 Å². The van der Waals surface area contributed by atoms with E-state index in [4.69, 9.17) is 9.47 Å². The molecule has 0 radical (unpaired) electrons. The minimum Gasteiger partial charge on any atom is -0.486 e. The van der Waals surface area contributed by atoms with Crippen LogP contribution in [0, 0.1) is 0 Å². The highest BCUT2D eigenvalue weighted by Gasteiger charge is 2.26. The number of thioether (sulfide) groups is 1. The number of hydrogen-bond acceptors (Lipinski definition) is 8. The quantitative estimate of drug-likeness (QED) is 0.170. The zero-order valence-corrected chi connectivity index (χ0v) is 24.2. The third kappa shape index (κ3) is 6.77. The predicted molar refractivity (Wildman–Crippen MR) is 151 cm³/mol. The fourth-order valence-corrected chi connectivity index (χ4v) is 6.60. The van der Waals surface area contributed by atoms with Crippen LogP contribution in [0.3, 0.4) is 0 Å². The van der Waals surface area contributed by atoms with Gasteiger partial charge in [0.25, 0.3) is 0 Å². The highest BCUT2D eigenvalue weighted by atomic mass is 32.2. The third-order valence-electron chi connectivity index (χ3n) is 6.51. The van der Waals surface area contributed by atoms with Crippen molar-refractivity contribution in [2.75, 3.05) is 17.7 Å². The van der Waals surface area contributed by atoms with Gasteiger partial charge in [-0.3, -0.25) is 4.79 Å². The lowest BCUT2D eigenvalue weighted by Crippen LogP contribution is -2.17. The second kappa shape index (κ2) is 13.3. The maximum atomic E-state index is 12.9. The van der Waals surface area contributed by atoms with Crippen LogP contribution in [0.5, 0.6) is 5.75 Å². The Morgan fingerprint density at radius 3 is 2.58 bits per heavy atom. The summed E-state index contributed by atoms with van der Waals surface area (Å²) in [4.78, 5) is 26.9. The van der Waals surface area contributed by atoms with Crippen LogP contribution >= 0.6 is 23.1 Å². The molecule has 0 unspecified atom stereocenters. The lowest BCUT2D eigenvalue weighted by Gasteiger charge is -2.10. The molecular formula is C28H36N4O4S2. The summed E-state index contributed by atoms with van der Waals surface area (Å²) in [5.74, 6) is 1.56. The van der Waals surface area contributed by atoms with E-state index in [0.29, 0.717) is 40.6 Å². The first-order valence-electron chi connectivity index (χ1n) is 13.3. The molecular weight excluding hydrogens is 520 g/mol. The predicted octanol–water partition coefficient (Wildman–Crippen LogP) is 6.24. The Bertz CT molecular complexity index is 1250. The van der Waals surface area contributed by atoms with Crippen molar-refractivity contribution in [3.8, 4) is 5.75 Å². The van der Waals surface area contributed by atoms with Crippen molar-refractivity contribution in [1.82, 2.24) is 14.8 Å². The van der Waals surface area contributed by atoms with Gasteiger partial charge in [-0.2, -0.15) is 0 Å². The van der Waals surface area contributed by atoms with E-state index < -0.39 is 0 Å². The van der Waals surface area contributed by atoms with Gasteiger partial charge >= 0.3 is 5.97 Å². The molecule has 1 amide bonds. The number of aromatic nitrogens is 3. The number of carbonyl (C=O) groups is 2. The number of amides is 1. The number of benzene rings is 1. The number of nitrogens with zero attached hydrogens (tertiary/aromatic N) is 3. The lowest BCUT2D eigenvalue weighted by atomic mass is 10.0. The molecule has 38 heavy (non-hydrogen) atoms. The monoisotopic (exact) mass is 556 g/mol. The summed E-state index contributed by atoms with van der Waals surface area (Å²) in [6.45, 7) is 9.38. The number of esters is 1. The minimum absolute atomic E-state index is 0.153. The lowest BCUT2D eigenvalue weighted by molar-refractivity contribution is -0.113. The number of rotatable bonds is 11. The van der Waals surface area contributed by atoms with Gasteiger partial charge in [0.15, 0.2) is 11.0 Å². The third-order valence-corrected chi connectivity index (χ3v) is 8.68. The summed E-state index contributed by atoms with van der Waals surface area (Å²) < 4.78 is 13.2. The van der Waals surface area contributed by atoms with E-state index in [1.165, 1.54) is 33.5 Å². The van der Waals surface area contributed by atoms with Crippen LogP contribution in [0.2, 0.25) is 0 Å². The first kappa shape index (κ1) is 28.2. The molecule has 8 nitrogen and oxygen atoms in total. The summed E-state index contributed by atoms with van der Waals surface area (Å²) in [7, 11) is 0. The number of nitrogens with one attached hydrogen (secondary N) is 1. The molecule has 1 N–H and O–H groups in total. The molecule has 1 aliphatic rings. The second-order valence-corrected chi connectivity index (χ2v) is 11.5. The van der Waals surface area contributed by atoms with E-state index in [-0.39, 0.29) is 24.2 Å². The first-order valence-corrected chi connectivity index (χ1v) is 15.1. The van der Waals surface area contributed by atoms with Crippen LogP contribution in [0.4, 0.5) is 5.00 Å². The molecule has 0 atom stereocenters. The van der Waals surface area contributed by atoms with Gasteiger partial charge in [-0.05, 0) is 68.7 Å². The summed E-state index contributed by atoms with van der Waals surface area (Å²) in [6, 6.07) is 8.08. The number of carbonyl (C=O) groups excluding carboxylic acids is 2. The maximum Gasteiger partial charge on any atom is 0.341 e. The Hall–Kier alpha value is -2.85. The van der Waals surface area contributed by atoms with Gasteiger partial charge in [0.2, 0.25) is 5.91 Å². The van der Waals surface area contributed by atoms with Crippen molar-refractivity contribution in [2.45, 2.75) is 84.0 Å². The van der Waals surface area contributed by atoms with Crippen LogP contribution in [-0.2, 0) is 35.5 Å². The fourth-order valence-electron chi connectivity index (χ4n) is 4.49. The molecule has 4 rings (SSSR count). The standard InChI is InChI=1S/C28H36N4O4S2/c1-5-32-23(16-36-20-14-12-19(13-15-20)18(3)4)30-31-28(32)37-17-24(33)29-26-25(27(34)35-6-2)21-10-8-7-9-11-22(21)38-26/h12-15,18H,5-11,16-17H2,1-4H3,(H,29,33). The van der Waals surface area contributed by atoms with E-state index in [0.717, 1.165) is 43.4 Å².